The van der Waals surface area contributed by atoms with Crippen molar-refractivity contribution in [2.24, 2.45) is 23.7 Å². The van der Waals surface area contributed by atoms with Gasteiger partial charge < -0.3 is 0 Å². The zero-order chi connectivity index (χ0) is 25.0. The van der Waals surface area contributed by atoms with Crippen molar-refractivity contribution in [1.82, 2.24) is 10.0 Å². The van der Waals surface area contributed by atoms with Gasteiger partial charge in [0.1, 0.15) is 6.04 Å². The molecule has 0 unspecified atom stereocenters. The molecule has 3 fully saturated rings. The fraction of sp³-hybridized carbons (Fsp3) is 0.385. The number of carbonyl (C=O) groups is 4. The van der Waals surface area contributed by atoms with Gasteiger partial charge in [-0.3, -0.25) is 19.2 Å². The third-order valence-corrected chi connectivity index (χ3v) is 11.0. The van der Waals surface area contributed by atoms with Gasteiger partial charge in [-0.05, 0) is 48.9 Å². The maximum Gasteiger partial charge on any atom is 0.273 e. The Labute approximate surface area is 225 Å². The minimum absolute atomic E-state index is 0.00629. The molecule has 1 saturated heterocycles. The Morgan fingerprint density at radius 2 is 1.49 bits per heavy atom. The van der Waals surface area contributed by atoms with Crippen LogP contribution in [0.3, 0.4) is 0 Å². The van der Waals surface area contributed by atoms with Gasteiger partial charge in [0.25, 0.3) is 17.7 Å². The molecule has 1 aliphatic heterocycles. The van der Waals surface area contributed by atoms with Crippen molar-refractivity contribution in [3.05, 3.63) is 70.7 Å². The molecule has 0 N–H and O–H groups in total. The van der Waals surface area contributed by atoms with Crippen LogP contribution < -0.4 is 0 Å². The van der Waals surface area contributed by atoms with E-state index in [9.17, 15) is 19.2 Å². The number of hydrazine groups is 1. The second-order valence-electron chi connectivity index (χ2n) is 9.30. The van der Waals surface area contributed by atoms with Crippen LogP contribution >= 0.6 is 43.5 Å². The Hall–Kier alpha value is -2.03. The number of hydrogen-bond donors (Lipinski definition) is 0. The normalized spacial score (nSPS) is 29.9. The molecule has 0 radical (unpaired) electrons. The van der Waals surface area contributed by atoms with E-state index in [0.29, 0.717) is 10.6 Å². The predicted octanol–water partition coefficient (Wildman–Crippen LogP) is 5.14. The molecule has 7 atom stereocenters. The van der Waals surface area contributed by atoms with Crippen molar-refractivity contribution < 1.29 is 19.2 Å². The Bertz CT molecular complexity index is 1160. The number of carbonyl (C=O) groups excluding carboxylic acids is 4. The van der Waals surface area contributed by atoms with Crippen LogP contribution in [0.15, 0.2) is 54.6 Å². The van der Waals surface area contributed by atoms with Crippen molar-refractivity contribution in [2.45, 2.75) is 35.5 Å². The highest BCUT2D eigenvalue weighted by Crippen LogP contribution is 2.60. The molecular weight excluding hydrogens is 600 g/mol. The molecule has 5 rings (SSSR count). The van der Waals surface area contributed by atoms with Crippen LogP contribution in [0, 0.1) is 23.7 Å². The number of ketones is 1. The SMILES string of the molecule is CC[C@H](C(=O)c1ccccc1)N(C(=O)c1ccc(Cl)cc1)N1C(=O)[C@@H]2[C@H]3C[C@@H]([C@H](Br)[C@H]3Br)[C@@H]2C1=O. The molecule has 3 aliphatic rings. The van der Waals surface area contributed by atoms with Crippen LogP contribution in [0.25, 0.3) is 0 Å². The van der Waals surface area contributed by atoms with Crippen molar-refractivity contribution in [3.63, 3.8) is 0 Å². The van der Waals surface area contributed by atoms with E-state index in [1.165, 1.54) is 12.1 Å². The van der Waals surface area contributed by atoms with Gasteiger partial charge in [-0.1, -0.05) is 80.7 Å². The van der Waals surface area contributed by atoms with Gasteiger partial charge in [0.05, 0.1) is 11.8 Å². The molecule has 2 aliphatic carbocycles. The van der Waals surface area contributed by atoms with Crippen molar-refractivity contribution in [3.8, 4) is 0 Å². The van der Waals surface area contributed by atoms with Gasteiger partial charge >= 0.3 is 0 Å². The summed E-state index contributed by atoms with van der Waals surface area (Å²) in [6.45, 7) is 1.77. The molecule has 35 heavy (non-hydrogen) atoms. The first kappa shape index (κ1) is 24.7. The Kier molecular flexibility index (Phi) is 6.66. The maximum absolute atomic E-state index is 13.9. The molecular formula is C26H23Br2ClN2O4. The molecule has 0 aromatic heterocycles. The zero-order valence-electron chi connectivity index (χ0n) is 18.8. The van der Waals surface area contributed by atoms with Crippen LogP contribution in [-0.2, 0) is 9.59 Å². The molecule has 9 heteroatoms. The molecule has 2 bridgehead atoms. The van der Waals surface area contributed by atoms with Gasteiger partial charge in [-0.2, -0.15) is 5.01 Å². The average molecular weight is 623 g/mol. The van der Waals surface area contributed by atoms with E-state index >= 15 is 0 Å². The fourth-order valence-electron chi connectivity index (χ4n) is 5.91. The number of alkyl halides is 2. The summed E-state index contributed by atoms with van der Waals surface area (Å²) in [7, 11) is 0. The Morgan fingerprint density at radius 1 is 0.943 bits per heavy atom. The van der Waals surface area contributed by atoms with E-state index in [-0.39, 0.29) is 39.3 Å². The summed E-state index contributed by atoms with van der Waals surface area (Å²) in [5.74, 6) is -2.74. The lowest BCUT2D eigenvalue weighted by atomic mass is 9.81. The number of imide groups is 1. The molecule has 182 valence electrons. The van der Waals surface area contributed by atoms with Crippen LogP contribution in [0.5, 0.6) is 0 Å². The lowest BCUT2D eigenvalue weighted by Gasteiger charge is -2.36. The first-order valence-corrected chi connectivity index (χ1v) is 13.8. The number of Topliss-reactive ketones (excluding diaryl/α,β-unsaturated/α-hetero) is 1. The third kappa shape index (κ3) is 3.89. The number of amides is 3. The summed E-state index contributed by atoms with van der Waals surface area (Å²) in [4.78, 5) is 55.2. The minimum atomic E-state index is -1.02. The molecule has 6 nitrogen and oxygen atoms in total. The van der Waals surface area contributed by atoms with Gasteiger partial charge in [0.2, 0.25) is 0 Å². The first-order valence-electron chi connectivity index (χ1n) is 11.6. The lowest BCUT2D eigenvalue weighted by molar-refractivity contribution is -0.157. The van der Waals surface area contributed by atoms with Gasteiger partial charge in [0.15, 0.2) is 5.78 Å². The zero-order valence-corrected chi connectivity index (χ0v) is 22.7. The second kappa shape index (κ2) is 9.45. The average Bonchev–Trinajstić information content (AvgIpc) is 3.48. The minimum Gasteiger partial charge on any atom is -0.292 e. The number of benzene rings is 2. The number of nitrogens with zero attached hydrogens (tertiary/aromatic N) is 2. The quantitative estimate of drug-likeness (QED) is 0.254. The summed E-state index contributed by atoms with van der Waals surface area (Å²) in [6.07, 6.45) is 1.01. The molecule has 1 heterocycles. The van der Waals surface area contributed by atoms with E-state index in [2.05, 4.69) is 31.9 Å². The van der Waals surface area contributed by atoms with Crippen molar-refractivity contribution >= 4 is 67.0 Å². The fourth-order valence-corrected chi connectivity index (χ4v) is 7.91. The third-order valence-electron chi connectivity index (χ3n) is 7.52. The number of halogens is 3. The topological polar surface area (TPSA) is 74.8 Å². The van der Waals surface area contributed by atoms with Gasteiger partial charge in [-0.15, -0.1) is 0 Å². The summed E-state index contributed by atoms with van der Waals surface area (Å²) in [5, 5.41) is 2.53. The van der Waals surface area contributed by atoms with Crippen LogP contribution in [0.1, 0.15) is 40.5 Å². The monoisotopic (exact) mass is 620 g/mol. The summed E-state index contributed by atoms with van der Waals surface area (Å²) >= 11 is 13.4. The summed E-state index contributed by atoms with van der Waals surface area (Å²) < 4.78 is 0. The summed E-state index contributed by atoms with van der Waals surface area (Å²) in [5.41, 5.74) is 0.653. The molecule has 2 saturated carbocycles. The van der Waals surface area contributed by atoms with E-state index in [1.54, 1.807) is 49.4 Å². The Balaban J connectivity index is 1.58. The van der Waals surface area contributed by atoms with Crippen LogP contribution in [0.4, 0.5) is 0 Å². The molecule has 3 amide bonds. The first-order chi connectivity index (χ1) is 16.8. The van der Waals surface area contributed by atoms with Gasteiger partial charge in [-0.25, -0.2) is 5.01 Å². The van der Waals surface area contributed by atoms with Crippen molar-refractivity contribution in [2.75, 3.05) is 0 Å². The number of rotatable bonds is 6. The predicted molar refractivity (Wildman–Crippen MR) is 138 cm³/mol. The van der Waals surface area contributed by atoms with Crippen molar-refractivity contribution in [1.29, 1.82) is 0 Å². The highest BCUT2D eigenvalue weighted by atomic mass is 79.9. The van der Waals surface area contributed by atoms with E-state index in [4.69, 9.17) is 11.6 Å². The number of hydrogen-bond acceptors (Lipinski definition) is 4. The highest BCUT2D eigenvalue weighted by molar-refractivity contribution is 9.12. The standard InChI is InChI=1S/C26H23Br2ClN2O4/c1-2-18(23(32)13-6-4-3-5-7-13)30(24(33)14-8-10-15(29)11-9-14)31-25(34)19-16-12-17(20(19)26(31)35)22(28)21(16)27/h3-11,16-22H,2,12H2,1H3/t16-,17-,18-,19-,20+,21+,22+/m1/s1. The lowest BCUT2D eigenvalue weighted by Crippen LogP contribution is -2.57. The molecule has 2 aromatic carbocycles. The van der Waals surface area contributed by atoms with E-state index < -0.39 is 35.6 Å². The molecule has 2 aromatic rings. The summed E-state index contributed by atoms with van der Waals surface area (Å²) in [6, 6.07) is 13.8. The van der Waals surface area contributed by atoms with E-state index in [0.717, 1.165) is 16.4 Å². The number of fused-ring (bicyclic) bond motifs is 5. The smallest absolute Gasteiger partial charge is 0.273 e. The highest BCUT2D eigenvalue weighted by Gasteiger charge is 2.68. The van der Waals surface area contributed by atoms with Gasteiger partial charge in [0, 0.05) is 25.8 Å². The van der Waals surface area contributed by atoms with Crippen LogP contribution in [-0.4, -0.2) is 49.2 Å². The second-order valence-corrected chi connectivity index (χ2v) is 11.9. The molecule has 0 spiro atoms. The largest absolute Gasteiger partial charge is 0.292 e. The Morgan fingerprint density at radius 3 is 2.00 bits per heavy atom. The van der Waals surface area contributed by atoms with E-state index in [1.807, 2.05) is 0 Å². The van der Waals surface area contributed by atoms with Crippen LogP contribution in [0.2, 0.25) is 5.02 Å². The maximum atomic E-state index is 13.9.